The maximum absolute atomic E-state index is 12.9. The normalized spacial score (nSPS) is 22.7. The Labute approximate surface area is 144 Å². The molecule has 0 bridgehead atoms. The van der Waals surface area contributed by atoms with Crippen molar-refractivity contribution in [2.24, 2.45) is 11.8 Å². The third kappa shape index (κ3) is 3.89. The van der Waals surface area contributed by atoms with Gasteiger partial charge in [-0.3, -0.25) is 14.5 Å². The molecule has 3 rings (SSSR count). The molecule has 2 aliphatic rings. The zero-order chi connectivity index (χ0) is 17.3. The van der Waals surface area contributed by atoms with Gasteiger partial charge in [0, 0.05) is 37.9 Å². The van der Waals surface area contributed by atoms with E-state index in [4.69, 9.17) is 0 Å². The van der Waals surface area contributed by atoms with E-state index in [1.165, 1.54) is 12.8 Å². The molecule has 1 N–H and O–H groups in total. The monoisotopic (exact) mass is 331 g/mol. The van der Waals surface area contributed by atoms with E-state index in [1.807, 2.05) is 11.8 Å². The summed E-state index contributed by atoms with van der Waals surface area (Å²) < 4.78 is 0. The average Bonchev–Trinajstić information content (AvgIpc) is 3.34. The van der Waals surface area contributed by atoms with Crippen LogP contribution in [0.4, 0.5) is 0 Å². The van der Waals surface area contributed by atoms with E-state index in [1.54, 1.807) is 12.1 Å². The number of aromatic amines is 1. The van der Waals surface area contributed by atoms with Crippen LogP contribution in [0.1, 0.15) is 49.2 Å². The Morgan fingerprint density at radius 3 is 2.67 bits per heavy atom. The highest BCUT2D eigenvalue weighted by Crippen LogP contribution is 2.32. The number of pyridine rings is 1. The van der Waals surface area contributed by atoms with E-state index < -0.39 is 0 Å². The molecule has 1 aromatic heterocycles. The van der Waals surface area contributed by atoms with Crippen LogP contribution in [0.2, 0.25) is 0 Å². The van der Waals surface area contributed by atoms with Gasteiger partial charge in [-0.2, -0.15) is 0 Å². The Morgan fingerprint density at radius 1 is 1.29 bits per heavy atom. The fourth-order valence-electron chi connectivity index (χ4n) is 3.65. The molecule has 2 fully saturated rings. The zero-order valence-electron chi connectivity index (χ0n) is 15.0. The van der Waals surface area contributed by atoms with Crippen molar-refractivity contribution in [3.8, 4) is 0 Å². The molecule has 1 aromatic rings. The molecule has 2 heterocycles. The van der Waals surface area contributed by atoms with E-state index in [0.717, 1.165) is 44.2 Å². The molecular formula is C19H29N3O2. The molecule has 1 aliphatic carbocycles. The number of rotatable bonds is 4. The summed E-state index contributed by atoms with van der Waals surface area (Å²) >= 11 is 0. The number of aryl methyl sites for hydroxylation is 1. The molecule has 1 atom stereocenters. The van der Waals surface area contributed by atoms with Crippen LogP contribution in [-0.2, 0) is 0 Å². The van der Waals surface area contributed by atoms with Gasteiger partial charge in [0.05, 0.1) is 0 Å². The Hall–Kier alpha value is -1.62. The van der Waals surface area contributed by atoms with Crippen LogP contribution < -0.4 is 5.56 Å². The number of aromatic nitrogens is 1. The van der Waals surface area contributed by atoms with Crippen molar-refractivity contribution in [2.75, 3.05) is 26.2 Å². The van der Waals surface area contributed by atoms with Crippen LogP contribution in [0.15, 0.2) is 16.9 Å². The van der Waals surface area contributed by atoms with Crippen LogP contribution in [0, 0.1) is 18.8 Å². The zero-order valence-corrected chi connectivity index (χ0v) is 15.0. The number of carbonyl (C=O) groups excluding carboxylic acids is 1. The number of nitrogens with zero attached hydrogens (tertiary/aromatic N) is 2. The summed E-state index contributed by atoms with van der Waals surface area (Å²) in [5, 5.41) is 0. The number of hydrogen-bond acceptors (Lipinski definition) is 3. The number of hydrogen-bond donors (Lipinski definition) is 1. The van der Waals surface area contributed by atoms with Gasteiger partial charge >= 0.3 is 0 Å². The summed E-state index contributed by atoms with van der Waals surface area (Å²) in [4.78, 5) is 32.2. The number of carbonyl (C=O) groups is 1. The second-order valence-electron chi connectivity index (χ2n) is 7.74. The lowest BCUT2D eigenvalue weighted by Crippen LogP contribution is -2.47. The Morgan fingerprint density at radius 2 is 2.04 bits per heavy atom. The molecule has 5 heteroatoms. The third-order valence-corrected chi connectivity index (χ3v) is 5.28. The van der Waals surface area contributed by atoms with Gasteiger partial charge in [-0.15, -0.1) is 0 Å². The van der Waals surface area contributed by atoms with Crippen molar-refractivity contribution in [3.63, 3.8) is 0 Å². The minimum atomic E-state index is -0.278. The first-order valence-electron chi connectivity index (χ1n) is 9.19. The maximum Gasteiger partial charge on any atom is 0.260 e. The molecule has 1 unspecified atom stereocenters. The summed E-state index contributed by atoms with van der Waals surface area (Å²) in [5.74, 6) is 1.22. The van der Waals surface area contributed by atoms with Crippen molar-refractivity contribution >= 4 is 5.91 Å². The average molecular weight is 331 g/mol. The summed E-state index contributed by atoms with van der Waals surface area (Å²) in [7, 11) is 0. The van der Waals surface area contributed by atoms with E-state index in [0.29, 0.717) is 12.0 Å². The van der Waals surface area contributed by atoms with Gasteiger partial charge in [-0.05, 0) is 50.2 Å². The molecular weight excluding hydrogens is 302 g/mol. The SMILES string of the molecule is Cc1ccc(C(=O)N2CCCN(CC3CC3)C(C(C)C)C2)c(=O)[nH]1. The molecule has 0 radical (unpaired) electrons. The quantitative estimate of drug-likeness (QED) is 0.921. The first kappa shape index (κ1) is 17.2. The van der Waals surface area contributed by atoms with E-state index >= 15 is 0 Å². The number of amides is 1. The lowest BCUT2D eigenvalue weighted by Gasteiger charge is -2.34. The van der Waals surface area contributed by atoms with Crippen molar-refractivity contribution in [3.05, 3.63) is 33.7 Å². The minimum absolute atomic E-state index is 0.129. The third-order valence-electron chi connectivity index (χ3n) is 5.28. The summed E-state index contributed by atoms with van der Waals surface area (Å²) in [6.45, 7) is 9.96. The predicted molar refractivity (Wildman–Crippen MR) is 95.2 cm³/mol. The topological polar surface area (TPSA) is 56.4 Å². The van der Waals surface area contributed by atoms with Crippen molar-refractivity contribution in [1.82, 2.24) is 14.8 Å². The van der Waals surface area contributed by atoms with Crippen LogP contribution in [-0.4, -0.2) is 52.9 Å². The fraction of sp³-hybridized carbons (Fsp3) is 0.684. The van der Waals surface area contributed by atoms with Gasteiger partial charge in [-0.1, -0.05) is 13.8 Å². The fourth-order valence-corrected chi connectivity index (χ4v) is 3.65. The molecule has 132 valence electrons. The Kier molecular flexibility index (Phi) is 5.09. The molecule has 5 nitrogen and oxygen atoms in total. The first-order valence-corrected chi connectivity index (χ1v) is 9.19. The summed E-state index contributed by atoms with van der Waals surface area (Å²) in [6.07, 6.45) is 3.68. The predicted octanol–water partition coefficient (Wildman–Crippen LogP) is 2.27. The van der Waals surface area contributed by atoms with Crippen molar-refractivity contribution in [2.45, 2.75) is 46.1 Å². The van der Waals surface area contributed by atoms with Gasteiger partial charge < -0.3 is 9.88 Å². The second-order valence-corrected chi connectivity index (χ2v) is 7.74. The molecule has 0 aromatic carbocycles. The Balaban J connectivity index is 1.77. The lowest BCUT2D eigenvalue weighted by molar-refractivity contribution is 0.0702. The first-order chi connectivity index (χ1) is 11.5. The molecule has 1 saturated carbocycles. The highest BCUT2D eigenvalue weighted by atomic mass is 16.2. The van der Waals surface area contributed by atoms with Gasteiger partial charge in [0.25, 0.3) is 11.5 Å². The largest absolute Gasteiger partial charge is 0.337 e. The van der Waals surface area contributed by atoms with E-state index in [-0.39, 0.29) is 17.0 Å². The van der Waals surface area contributed by atoms with Gasteiger partial charge in [0.1, 0.15) is 5.56 Å². The van der Waals surface area contributed by atoms with E-state index in [9.17, 15) is 9.59 Å². The van der Waals surface area contributed by atoms with Gasteiger partial charge in [0.15, 0.2) is 0 Å². The smallest absolute Gasteiger partial charge is 0.260 e. The minimum Gasteiger partial charge on any atom is -0.337 e. The number of H-pyrrole nitrogens is 1. The highest BCUT2D eigenvalue weighted by molar-refractivity contribution is 5.93. The van der Waals surface area contributed by atoms with Gasteiger partial charge in [0.2, 0.25) is 0 Å². The van der Waals surface area contributed by atoms with Crippen LogP contribution in [0.3, 0.4) is 0 Å². The Bertz CT molecular complexity index is 648. The number of nitrogens with one attached hydrogen (secondary N) is 1. The van der Waals surface area contributed by atoms with Gasteiger partial charge in [-0.25, -0.2) is 0 Å². The van der Waals surface area contributed by atoms with Crippen molar-refractivity contribution in [1.29, 1.82) is 0 Å². The van der Waals surface area contributed by atoms with Crippen LogP contribution >= 0.6 is 0 Å². The van der Waals surface area contributed by atoms with Crippen LogP contribution in [0.5, 0.6) is 0 Å². The molecule has 1 aliphatic heterocycles. The molecule has 1 saturated heterocycles. The summed E-state index contributed by atoms with van der Waals surface area (Å²) in [5.41, 5.74) is 0.766. The highest BCUT2D eigenvalue weighted by Gasteiger charge is 2.33. The van der Waals surface area contributed by atoms with E-state index in [2.05, 4.69) is 23.7 Å². The molecule has 24 heavy (non-hydrogen) atoms. The van der Waals surface area contributed by atoms with Crippen molar-refractivity contribution < 1.29 is 4.79 Å². The molecule has 1 amide bonds. The maximum atomic E-state index is 12.9. The molecule has 0 spiro atoms. The van der Waals surface area contributed by atoms with Crippen LogP contribution in [0.25, 0.3) is 0 Å². The summed E-state index contributed by atoms with van der Waals surface area (Å²) in [6, 6.07) is 3.83. The lowest BCUT2D eigenvalue weighted by atomic mass is 10.0. The standard InChI is InChI=1S/C19H29N3O2/c1-13(2)17-12-22(10-4-9-21(17)11-15-6-7-15)19(24)16-8-5-14(3)20-18(16)23/h5,8,13,15,17H,4,6-7,9-12H2,1-3H3,(H,20,23). The second kappa shape index (κ2) is 7.09.